The van der Waals surface area contributed by atoms with Crippen LogP contribution >= 0.6 is 15.9 Å². The zero-order chi connectivity index (χ0) is 14.5. The third-order valence-electron chi connectivity index (χ3n) is 2.80. The number of carbonyl (C=O) groups is 1. The SMILES string of the molecule is CCOC(=O)C(C)(Cc1ccc(Br)cc1)NC(C)C. The summed E-state index contributed by atoms with van der Waals surface area (Å²) in [4.78, 5) is 12.2. The highest BCUT2D eigenvalue weighted by molar-refractivity contribution is 9.10. The van der Waals surface area contributed by atoms with Gasteiger partial charge in [0, 0.05) is 16.9 Å². The molecule has 0 bridgehead atoms. The molecule has 106 valence electrons. The van der Waals surface area contributed by atoms with Crippen LogP contribution in [0.4, 0.5) is 0 Å². The third kappa shape index (κ3) is 4.96. The van der Waals surface area contributed by atoms with Gasteiger partial charge < -0.3 is 4.74 Å². The number of halogens is 1. The van der Waals surface area contributed by atoms with Crippen LogP contribution in [0.3, 0.4) is 0 Å². The molecule has 3 nitrogen and oxygen atoms in total. The number of carbonyl (C=O) groups excluding carboxylic acids is 1. The maximum Gasteiger partial charge on any atom is 0.326 e. The first-order valence-corrected chi connectivity index (χ1v) is 7.36. The molecule has 0 fully saturated rings. The zero-order valence-electron chi connectivity index (χ0n) is 12.0. The van der Waals surface area contributed by atoms with Gasteiger partial charge in [0.15, 0.2) is 0 Å². The number of esters is 1. The number of nitrogens with one attached hydrogen (secondary N) is 1. The fourth-order valence-corrected chi connectivity index (χ4v) is 2.38. The Kier molecular flexibility index (Phi) is 6.01. The monoisotopic (exact) mass is 327 g/mol. The van der Waals surface area contributed by atoms with Gasteiger partial charge in [0.25, 0.3) is 0 Å². The van der Waals surface area contributed by atoms with E-state index in [1.165, 1.54) is 0 Å². The molecule has 0 radical (unpaired) electrons. The van der Waals surface area contributed by atoms with Crippen molar-refractivity contribution < 1.29 is 9.53 Å². The first-order chi connectivity index (χ1) is 8.87. The molecule has 0 aliphatic rings. The molecule has 0 aliphatic carbocycles. The summed E-state index contributed by atoms with van der Waals surface area (Å²) in [5, 5.41) is 3.32. The molecule has 1 rings (SSSR count). The molecule has 0 amide bonds. The standard InChI is InChI=1S/C15H22BrNO2/c1-5-19-14(18)15(4,17-11(2)3)10-12-6-8-13(16)9-7-12/h6-9,11,17H,5,10H2,1-4H3. The van der Waals surface area contributed by atoms with Crippen LogP contribution in [0.5, 0.6) is 0 Å². The summed E-state index contributed by atoms with van der Waals surface area (Å²) in [5.41, 5.74) is 0.407. The Labute approximate surface area is 123 Å². The van der Waals surface area contributed by atoms with Gasteiger partial charge in [0.1, 0.15) is 5.54 Å². The molecule has 19 heavy (non-hydrogen) atoms. The summed E-state index contributed by atoms with van der Waals surface area (Å²) >= 11 is 3.41. The summed E-state index contributed by atoms with van der Waals surface area (Å²) in [6, 6.07) is 8.21. The quantitative estimate of drug-likeness (QED) is 0.814. The number of hydrogen-bond donors (Lipinski definition) is 1. The molecule has 0 aliphatic heterocycles. The molecule has 0 saturated heterocycles. The maximum atomic E-state index is 12.2. The third-order valence-corrected chi connectivity index (χ3v) is 3.33. The minimum Gasteiger partial charge on any atom is -0.465 e. The van der Waals surface area contributed by atoms with Gasteiger partial charge in [-0.1, -0.05) is 28.1 Å². The molecular weight excluding hydrogens is 306 g/mol. The van der Waals surface area contributed by atoms with E-state index < -0.39 is 5.54 Å². The van der Waals surface area contributed by atoms with E-state index in [-0.39, 0.29) is 12.0 Å². The van der Waals surface area contributed by atoms with Crippen LogP contribution in [0.25, 0.3) is 0 Å². The van der Waals surface area contributed by atoms with Crippen LogP contribution in [0, 0.1) is 0 Å². The molecule has 0 saturated carbocycles. The lowest BCUT2D eigenvalue weighted by Gasteiger charge is -2.30. The molecule has 1 aromatic rings. The second-order valence-corrected chi connectivity index (χ2v) is 6.07. The summed E-state index contributed by atoms with van der Waals surface area (Å²) in [7, 11) is 0. The van der Waals surface area contributed by atoms with Crippen LogP contribution in [-0.2, 0) is 16.0 Å². The van der Waals surface area contributed by atoms with Crippen molar-refractivity contribution in [1.82, 2.24) is 5.32 Å². The van der Waals surface area contributed by atoms with Crippen molar-refractivity contribution in [3.8, 4) is 0 Å². The number of benzene rings is 1. The lowest BCUT2D eigenvalue weighted by Crippen LogP contribution is -2.54. The number of rotatable bonds is 6. The lowest BCUT2D eigenvalue weighted by atomic mass is 9.92. The largest absolute Gasteiger partial charge is 0.465 e. The molecule has 4 heteroatoms. The summed E-state index contributed by atoms with van der Waals surface area (Å²) in [5.74, 6) is -0.202. The predicted octanol–water partition coefficient (Wildman–Crippen LogP) is 3.31. The van der Waals surface area contributed by atoms with E-state index >= 15 is 0 Å². The van der Waals surface area contributed by atoms with Gasteiger partial charge in [0.05, 0.1) is 6.61 Å². The van der Waals surface area contributed by atoms with E-state index in [9.17, 15) is 4.79 Å². The zero-order valence-corrected chi connectivity index (χ0v) is 13.6. The Morgan fingerprint density at radius 3 is 2.42 bits per heavy atom. The molecule has 0 spiro atoms. The summed E-state index contributed by atoms with van der Waals surface area (Å²) in [6.45, 7) is 8.17. The number of hydrogen-bond acceptors (Lipinski definition) is 3. The molecule has 1 unspecified atom stereocenters. The number of ether oxygens (including phenoxy) is 1. The van der Waals surface area contributed by atoms with Crippen molar-refractivity contribution in [3.63, 3.8) is 0 Å². The first-order valence-electron chi connectivity index (χ1n) is 6.56. The van der Waals surface area contributed by atoms with Crippen molar-refractivity contribution >= 4 is 21.9 Å². The maximum absolute atomic E-state index is 12.2. The van der Waals surface area contributed by atoms with Gasteiger partial charge in [-0.3, -0.25) is 10.1 Å². The van der Waals surface area contributed by atoms with E-state index in [0.717, 1.165) is 10.0 Å². The van der Waals surface area contributed by atoms with E-state index in [1.807, 2.05) is 52.0 Å². The van der Waals surface area contributed by atoms with E-state index in [0.29, 0.717) is 13.0 Å². The topological polar surface area (TPSA) is 38.3 Å². The summed E-state index contributed by atoms with van der Waals surface area (Å²) in [6.07, 6.45) is 0.608. The fraction of sp³-hybridized carbons (Fsp3) is 0.533. The highest BCUT2D eigenvalue weighted by atomic mass is 79.9. The fourth-order valence-electron chi connectivity index (χ4n) is 2.12. The van der Waals surface area contributed by atoms with Crippen LogP contribution in [0.1, 0.15) is 33.3 Å². The Hall–Kier alpha value is -0.870. The normalized spacial score (nSPS) is 14.2. The van der Waals surface area contributed by atoms with Crippen molar-refractivity contribution in [2.45, 2.75) is 45.7 Å². The molecule has 1 N–H and O–H groups in total. The molecule has 0 aromatic heterocycles. The average molecular weight is 328 g/mol. The molecular formula is C15H22BrNO2. The van der Waals surface area contributed by atoms with Crippen molar-refractivity contribution in [1.29, 1.82) is 0 Å². The lowest BCUT2D eigenvalue weighted by molar-refractivity contribution is -0.150. The molecule has 1 atom stereocenters. The molecule has 1 aromatic carbocycles. The first kappa shape index (κ1) is 16.2. The minimum absolute atomic E-state index is 0.202. The Bertz CT molecular complexity index is 417. The van der Waals surface area contributed by atoms with Crippen LogP contribution in [0.2, 0.25) is 0 Å². The second-order valence-electron chi connectivity index (χ2n) is 5.15. The van der Waals surface area contributed by atoms with Gasteiger partial charge in [-0.15, -0.1) is 0 Å². The Balaban J connectivity index is 2.90. The van der Waals surface area contributed by atoms with Gasteiger partial charge >= 0.3 is 5.97 Å². The Morgan fingerprint density at radius 2 is 1.95 bits per heavy atom. The predicted molar refractivity (Wildman–Crippen MR) is 81.2 cm³/mol. The minimum atomic E-state index is -0.696. The van der Waals surface area contributed by atoms with Crippen molar-refractivity contribution in [2.75, 3.05) is 6.61 Å². The Morgan fingerprint density at radius 1 is 1.37 bits per heavy atom. The van der Waals surface area contributed by atoms with Gasteiger partial charge in [-0.05, 0) is 45.4 Å². The van der Waals surface area contributed by atoms with E-state index in [2.05, 4.69) is 21.2 Å². The smallest absolute Gasteiger partial charge is 0.326 e. The van der Waals surface area contributed by atoms with E-state index in [4.69, 9.17) is 4.74 Å². The van der Waals surface area contributed by atoms with Gasteiger partial charge in [-0.25, -0.2) is 0 Å². The van der Waals surface area contributed by atoms with Crippen molar-refractivity contribution in [3.05, 3.63) is 34.3 Å². The van der Waals surface area contributed by atoms with Crippen LogP contribution in [0.15, 0.2) is 28.7 Å². The highest BCUT2D eigenvalue weighted by Gasteiger charge is 2.35. The average Bonchev–Trinajstić information content (AvgIpc) is 2.31. The summed E-state index contributed by atoms with van der Waals surface area (Å²) < 4.78 is 6.23. The van der Waals surface area contributed by atoms with Crippen molar-refractivity contribution in [2.24, 2.45) is 0 Å². The van der Waals surface area contributed by atoms with Crippen LogP contribution < -0.4 is 5.32 Å². The van der Waals surface area contributed by atoms with E-state index in [1.54, 1.807) is 0 Å². The van der Waals surface area contributed by atoms with Crippen LogP contribution in [-0.4, -0.2) is 24.2 Å². The highest BCUT2D eigenvalue weighted by Crippen LogP contribution is 2.18. The molecule has 0 heterocycles. The van der Waals surface area contributed by atoms with Gasteiger partial charge in [0.2, 0.25) is 0 Å². The second kappa shape index (κ2) is 7.06. The van der Waals surface area contributed by atoms with Gasteiger partial charge in [-0.2, -0.15) is 0 Å².